The largest absolute Gasteiger partial charge is 0.336 e. The Balaban J connectivity index is 2.04. The number of nitrogens with zero attached hydrogens (tertiary/aromatic N) is 2. The highest BCUT2D eigenvalue weighted by molar-refractivity contribution is 6.63. The van der Waals surface area contributed by atoms with Gasteiger partial charge < -0.3 is 0 Å². The maximum atomic E-state index is 12.4. The van der Waals surface area contributed by atoms with Crippen molar-refractivity contribution in [2.45, 2.75) is 13.0 Å². The number of hydrogen-bond donors (Lipinski definition) is 0. The Kier molecular flexibility index (Phi) is 3.62. The molecule has 5 heteroatoms. The number of hydrogen-bond acceptors (Lipinski definition) is 2. The molecular formula is C16H13ClN2O2. The normalized spacial score (nSPS) is 10.9. The standard InChI is InChI=1S/C16H13ClN2O2/c17-15(20)19-14-9-5-4-8-13(14)18(16(19)21)11-10-12-6-2-1-3-7-12/h1-9H,10-11H2. The predicted octanol–water partition coefficient (Wildman–Crippen LogP) is 3.25. The molecule has 0 aliphatic heterocycles. The van der Waals surface area contributed by atoms with Crippen molar-refractivity contribution in [2.24, 2.45) is 0 Å². The van der Waals surface area contributed by atoms with Crippen molar-refractivity contribution >= 4 is 28.0 Å². The minimum absolute atomic E-state index is 0.396. The SMILES string of the molecule is O=C(Cl)n1c(=O)n(CCc2ccccc2)c2ccccc21. The zero-order valence-electron chi connectivity index (χ0n) is 11.2. The van der Waals surface area contributed by atoms with E-state index in [9.17, 15) is 9.59 Å². The van der Waals surface area contributed by atoms with E-state index >= 15 is 0 Å². The topological polar surface area (TPSA) is 44.0 Å². The summed E-state index contributed by atoms with van der Waals surface area (Å²) in [4.78, 5) is 23.9. The summed E-state index contributed by atoms with van der Waals surface area (Å²) in [6.45, 7) is 0.501. The molecule has 0 fully saturated rings. The number of carbonyl (C=O) groups is 1. The molecule has 0 N–H and O–H groups in total. The van der Waals surface area contributed by atoms with E-state index in [1.54, 1.807) is 16.7 Å². The van der Waals surface area contributed by atoms with Crippen LogP contribution in [0.3, 0.4) is 0 Å². The molecule has 0 amide bonds. The van der Waals surface area contributed by atoms with Crippen LogP contribution in [-0.2, 0) is 13.0 Å². The molecule has 0 aliphatic rings. The fourth-order valence-electron chi connectivity index (χ4n) is 2.48. The van der Waals surface area contributed by atoms with E-state index in [1.165, 1.54) is 0 Å². The summed E-state index contributed by atoms with van der Waals surface area (Å²) in [6, 6.07) is 17.0. The molecule has 0 unspecified atom stereocenters. The van der Waals surface area contributed by atoms with Crippen molar-refractivity contribution in [1.29, 1.82) is 0 Å². The van der Waals surface area contributed by atoms with Crippen LogP contribution in [0.1, 0.15) is 5.56 Å². The maximum absolute atomic E-state index is 12.4. The van der Waals surface area contributed by atoms with Crippen molar-refractivity contribution in [3.63, 3.8) is 0 Å². The summed E-state index contributed by atoms with van der Waals surface area (Å²) in [5, 5.41) is -0.783. The van der Waals surface area contributed by atoms with Crippen LogP contribution in [-0.4, -0.2) is 14.5 Å². The number of aryl methyl sites for hydroxylation is 2. The molecule has 106 valence electrons. The second kappa shape index (κ2) is 5.58. The first-order valence-electron chi connectivity index (χ1n) is 6.62. The Hall–Kier alpha value is -2.33. The van der Waals surface area contributed by atoms with Gasteiger partial charge in [0.15, 0.2) is 0 Å². The molecule has 3 rings (SSSR count). The minimum Gasteiger partial charge on any atom is -0.291 e. The molecule has 4 nitrogen and oxygen atoms in total. The quantitative estimate of drug-likeness (QED) is 0.697. The highest BCUT2D eigenvalue weighted by atomic mass is 35.5. The predicted molar refractivity (Wildman–Crippen MR) is 83.0 cm³/mol. The summed E-state index contributed by atoms with van der Waals surface area (Å²) in [6.07, 6.45) is 0.714. The molecule has 1 heterocycles. The number of aromatic nitrogens is 2. The molecule has 3 aromatic rings. The van der Waals surface area contributed by atoms with Gasteiger partial charge in [-0.3, -0.25) is 9.36 Å². The second-order valence-electron chi connectivity index (χ2n) is 4.75. The number of rotatable bonds is 3. The molecule has 0 aliphatic carbocycles. The molecule has 0 spiro atoms. The lowest BCUT2D eigenvalue weighted by atomic mass is 10.1. The zero-order valence-corrected chi connectivity index (χ0v) is 12.0. The average molecular weight is 301 g/mol. The maximum Gasteiger partial charge on any atom is 0.336 e. The summed E-state index contributed by atoms with van der Waals surface area (Å²) in [5.74, 6) is 0. The van der Waals surface area contributed by atoms with Crippen molar-refractivity contribution < 1.29 is 4.79 Å². The van der Waals surface area contributed by atoms with Gasteiger partial charge in [0.1, 0.15) is 0 Å². The van der Waals surface area contributed by atoms with E-state index in [-0.39, 0.29) is 0 Å². The third-order valence-corrected chi connectivity index (χ3v) is 3.65. The summed E-state index contributed by atoms with van der Waals surface area (Å²) in [7, 11) is 0. The summed E-state index contributed by atoms with van der Waals surface area (Å²) >= 11 is 5.53. The van der Waals surface area contributed by atoms with Gasteiger partial charge in [0, 0.05) is 6.54 Å². The molecule has 0 radical (unpaired) electrons. The Labute approximate surface area is 126 Å². The number of imidazole rings is 1. The molecule has 0 saturated carbocycles. The fourth-order valence-corrected chi connectivity index (χ4v) is 2.64. The first-order valence-corrected chi connectivity index (χ1v) is 7.00. The number of halogens is 1. The van der Waals surface area contributed by atoms with E-state index in [0.29, 0.717) is 24.0 Å². The number of para-hydroxylation sites is 2. The van der Waals surface area contributed by atoms with Crippen molar-refractivity contribution in [3.05, 3.63) is 70.6 Å². The van der Waals surface area contributed by atoms with Gasteiger partial charge >= 0.3 is 11.1 Å². The molecule has 1 aromatic heterocycles. The van der Waals surface area contributed by atoms with Crippen LogP contribution in [0.4, 0.5) is 4.79 Å². The van der Waals surface area contributed by atoms with Crippen molar-refractivity contribution in [1.82, 2.24) is 9.13 Å². The third kappa shape index (κ3) is 2.50. The Morgan fingerprint density at radius 3 is 2.24 bits per heavy atom. The van der Waals surface area contributed by atoms with E-state index < -0.39 is 11.1 Å². The summed E-state index contributed by atoms with van der Waals surface area (Å²) < 4.78 is 2.59. The zero-order chi connectivity index (χ0) is 14.8. The minimum atomic E-state index is -0.783. The van der Waals surface area contributed by atoms with Crippen LogP contribution >= 0.6 is 11.6 Å². The monoisotopic (exact) mass is 300 g/mol. The van der Waals surface area contributed by atoms with E-state index in [4.69, 9.17) is 11.6 Å². The van der Waals surface area contributed by atoms with Gasteiger partial charge in [0.05, 0.1) is 11.0 Å². The third-order valence-electron chi connectivity index (χ3n) is 3.48. The Morgan fingerprint density at radius 2 is 1.57 bits per heavy atom. The summed E-state index contributed by atoms with van der Waals surface area (Å²) in [5.41, 5.74) is 1.99. The van der Waals surface area contributed by atoms with Crippen LogP contribution in [0.5, 0.6) is 0 Å². The van der Waals surface area contributed by atoms with Gasteiger partial charge in [0.25, 0.3) is 0 Å². The second-order valence-corrected chi connectivity index (χ2v) is 5.07. The fraction of sp³-hybridized carbons (Fsp3) is 0.125. The van der Waals surface area contributed by atoms with Crippen LogP contribution in [0.25, 0.3) is 11.0 Å². The molecule has 21 heavy (non-hydrogen) atoms. The number of benzene rings is 2. The molecule has 2 aromatic carbocycles. The van der Waals surface area contributed by atoms with Gasteiger partial charge in [0.2, 0.25) is 0 Å². The lowest BCUT2D eigenvalue weighted by Gasteiger charge is -2.03. The average Bonchev–Trinajstić information content (AvgIpc) is 2.78. The highest BCUT2D eigenvalue weighted by Crippen LogP contribution is 2.14. The lowest BCUT2D eigenvalue weighted by Crippen LogP contribution is -2.26. The van der Waals surface area contributed by atoms with Crippen molar-refractivity contribution in [2.75, 3.05) is 0 Å². The smallest absolute Gasteiger partial charge is 0.291 e. The van der Waals surface area contributed by atoms with Crippen LogP contribution in [0.15, 0.2) is 59.4 Å². The number of carbonyl (C=O) groups excluding carboxylic acids is 1. The van der Waals surface area contributed by atoms with Gasteiger partial charge in [-0.1, -0.05) is 42.5 Å². The van der Waals surface area contributed by atoms with Gasteiger partial charge in [-0.05, 0) is 35.7 Å². The van der Waals surface area contributed by atoms with E-state index in [1.807, 2.05) is 42.5 Å². The van der Waals surface area contributed by atoms with Crippen LogP contribution in [0.2, 0.25) is 0 Å². The number of fused-ring (bicyclic) bond motifs is 1. The van der Waals surface area contributed by atoms with E-state index in [2.05, 4.69) is 0 Å². The molecular weight excluding hydrogens is 288 g/mol. The Bertz CT molecular complexity index is 850. The molecule has 0 saturated heterocycles. The first kappa shape index (κ1) is 13.6. The van der Waals surface area contributed by atoms with Gasteiger partial charge in [-0.2, -0.15) is 0 Å². The van der Waals surface area contributed by atoms with Gasteiger partial charge in [-0.15, -0.1) is 0 Å². The van der Waals surface area contributed by atoms with Crippen molar-refractivity contribution in [3.8, 4) is 0 Å². The van der Waals surface area contributed by atoms with Gasteiger partial charge in [-0.25, -0.2) is 9.36 Å². The Morgan fingerprint density at radius 1 is 0.952 bits per heavy atom. The first-order chi connectivity index (χ1) is 10.2. The molecule has 0 atom stereocenters. The van der Waals surface area contributed by atoms with Crippen LogP contribution < -0.4 is 5.69 Å². The highest BCUT2D eigenvalue weighted by Gasteiger charge is 2.16. The van der Waals surface area contributed by atoms with E-state index in [0.717, 1.165) is 10.1 Å². The molecule has 0 bridgehead atoms. The van der Waals surface area contributed by atoms with Crippen LogP contribution in [0, 0.1) is 0 Å². The lowest BCUT2D eigenvalue weighted by molar-refractivity contribution is 0.261.